The third kappa shape index (κ3) is 3.29. The summed E-state index contributed by atoms with van der Waals surface area (Å²) in [4.78, 5) is 8.77. The van der Waals surface area contributed by atoms with Gasteiger partial charge in [0.15, 0.2) is 5.60 Å². The van der Waals surface area contributed by atoms with Gasteiger partial charge in [0.05, 0.1) is 16.7 Å². The van der Waals surface area contributed by atoms with E-state index in [0.29, 0.717) is 37.8 Å². The Morgan fingerprint density at radius 2 is 1.55 bits per heavy atom. The molecule has 5 rings (SSSR count). The zero-order valence-corrected chi connectivity index (χ0v) is 17.7. The van der Waals surface area contributed by atoms with Gasteiger partial charge >= 0.3 is 0 Å². The van der Waals surface area contributed by atoms with Crippen LogP contribution in [0.4, 0.5) is 0 Å². The number of hydrogen-bond acceptors (Lipinski definition) is 4. The molecule has 0 amide bonds. The van der Waals surface area contributed by atoms with Crippen molar-refractivity contribution in [2.45, 2.75) is 5.60 Å². The van der Waals surface area contributed by atoms with E-state index in [-0.39, 0.29) is 5.89 Å². The molecule has 3 aromatic carbocycles. The summed E-state index contributed by atoms with van der Waals surface area (Å²) in [6.07, 6.45) is 2.94. The molecule has 0 radical (unpaired) electrons. The number of nitrogens with zero attached hydrogens (tertiary/aromatic N) is 2. The highest BCUT2D eigenvalue weighted by Crippen LogP contribution is 2.41. The third-order valence-electron chi connectivity index (χ3n) is 5.29. The van der Waals surface area contributed by atoms with Gasteiger partial charge in [-0.2, -0.15) is 0 Å². The topological polar surface area (TPSA) is 59.2 Å². The second-order valence-corrected chi connectivity index (χ2v) is 7.84. The Morgan fingerprint density at radius 1 is 0.839 bits per heavy atom. The van der Waals surface area contributed by atoms with Crippen molar-refractivity contribution in [1.82, 2.24) is 9.97 Å². The fourth-order valence-electron chi connectivity index (χ4n) is 3.77. The minimum atomic E-state index is -1.60. The Hall–Kier alpha value is -3.18. The van der Waals surface area contributed by atoms with Crippen LogP contribution in [-0.4, -0.2) is 15.1 Å². The second kappa shape index (κ2) is 7.82. The van der Waals surface area contributed by atoms with E-state index >= 15 is 0 Å². The summed E-state index contributed by atoms with van der Waals surface area (Å²) in [6.45, 7) is 0. The van der Waals surface area contributed by atoms with Crippen LogP contribution in [0.15, 0.2) is 95.7 Å². The average Bonchev–Trinajstić information content (AvgIpc) is 3.35. The molecule has 0 spiro atoms. The molecule has 152 valence electrons. The van der Waals surface area contributed by atoms with Gasteiger partial charge in [-0.05, 0) is 28.8 Å². The van der Waals surface area contributed by atoms with E-state index in [0.717, 1.165) is 5.56 Å². The van der Waals surface area contributed by atoms with Gasteiger partial charge in [-0.25, -0.2) is 9.97 Å². The summed E-state index contributed by atoms with van der Waals surface area (Å²) in [6, 6.07) is 24.2. The summed E-state index contributed by atoms with van der Waals surface area (Å²) < 4.78 is 5.53. The van der Waals surface area contributed by atoms with Crippen LogP contribution < -0.4 is 0 Å². The minimum absolute atomic E-state index is 0.166. The van der Waals surface area contributed by atoms with Crippen molar-refractivity contribution in [1.29, 1.82) is 0 Å². The van der Waals surface area contributed by atoms with Gasteiger partial charge < -0.3 is 9.52 Å². The first-order valence-corrected chi connectivity index (χ1v) is 10.4. The number of aliphatic hydroxyl groups is 1. The lowest BCUT2D eigenvalue weighted by molar-refractivity contribution is 0.0930. The van der Waals surface area contributed by atoms with Crippen molar-refractivity contribution in [2.75, 3.05) is 0 Å². The summed E-state index contributed by atoms with van der Waals surface area (Å²) in [5, 5.41) is 13.3. The molecule has 0 aliphatic heterocycles. The maximum absolute atomic E-state index is 11.9. The van der Waals surface area contributed by atoms with Gasteiger partial charge in [-0.15, -0.1) is 0 Å². The number of aromatic nitrogens is 2. The molecule has 4 nitrogen and oxygen atoms in total. The number of rotatable bonds is 4. The number of halogens is 2. The molecule has 1 atom stereocenters. The molecule has 1 N–H and O–H groups in total. The molecule has 0 saturated carbocycles. The Balaban J connectivity index is 1.77. The monoisotopic (exact) mass is 446 g/mol. The molecule has 6 heteroatoms. The lowest BCUT2D eigenvalue weighted by Crippen LogP contribution is -2.29. The van der Waals surface area contributed by atoms with Crippen LogP contribution >= 0.6 is 23.2 Å². The van der Waals surface area contributed by atoms with Gasteiger partial charge in [0.1, 0.15) is 11.4 Å². The molecular weight excluding hydrogens is 431 g/mol. The van der Waals surface area contributed by atoms with Crippen molar-refractivity contribution < 1.29 is 9.52 Å². The van der Waals surface area contributed by atoms with E-state index in [1.54, 1.807) is 12.1 Å². The van der Waals surface area contributed by atoms with E-state index in [2.05, 4.69) is 9.97 Å². The highest BCUT2D eigenvalue weighted by atomic mass is 35.5. The summed E-state index contributed by atoms with van der Waals surface area (Å²) in [7, 11) is 0. The lowest BCUT2D eigenvalue weighted by atomic mass is 9.85. The van der Waals surface area contributed by atoms with Crippen LogP contribution in [0.5, 0.6) is 0 Å². The summed E-state index contributed by atoms with van der Waals surface area (Å²) in [5.41, 5.74) is 1.71. The van der Waals surface area contributed by atoms with Crippen molar-refractivity contribution in [2.24, 2.45) is 0 Å². The number of oxazole rings is 1. The Bertz CT molecular complexity index is 1360. The molecule has 5 aromatic rings. The molecule has 0 fully saturated rings. The van der Waals surface area contributed by atoms with E-state index in [1.165, 1.54) is 12.5 Å². The van der Waals surface area contributed by atoms with Gasteiger partial charge in [0, 0.05) is 10.9 Å². The standard InChI is InChI=1S/C25H16Cl2N2O2/c26-22-19-15-18(25(30,24-28-13-14-31-24)17-9-5-2-6-10-17)11-12-20(19)29-23(27)21(22)16-7-3-1-4-8-16/h1-15,30H. The predicted molar refractivity (Wildman–Crippen MR) is 122 cm³/mol. The molecule has 0 bridgehead atoms. The van der Waals surface area contributed by atoms with Crippen LogP contribution in [0.3, 0.4) is 0 Å². The normalized spacial score (nSPS) is 13.3. The van der Waals surface area contributed by atoms with Crippen molar-refractivity contribution in [3.63, 3.8) is 0 Å². The van der Waals surface area contributed by atoms with Gasteiger partial charge in [0.2, 0.25) is 5.89 Å². The van der Waals surface area contributed by atoms with E-state index in [9.17, 15) is 5.11 Å². The predicted octanol–water partition coefficient (Wildman–Crippen LogP) is 6.48. The van der Waals surface area contributed by atoms with Crippen molar-refractivity contribution in [3.8, 4) is 11.1 Å². The van der Waals surface area contributed by atoms with Gasteiger partial charge in [-0.1, -0.05) is 89.9 Å². The van der Waals surface area contributed by atoms with Crippen LogP contribution in [0.2, 0.25) is 10.2 Å². The number of fused-ring (bicyclic) bond motifs is 1. The number of benzene rings is 3. The highest BCUT2D eigenvalue weighted by Gasteiger charge is 2.38. The SMILES string of the molecule is OC(c1ccccc1)(c1ccc2nc(Cl)c(-c3ccccc3)c(Cl)c2c1)c1ncco1. The molecule has 1 unspecified atom stereocenters. The average molecular weight is 447 g/mol. The molecule has 31 heavy (non-hydrogen) atoms. The minimum Gasteiger partial charge on any atom is -0.445 e. The van der Waals surface area contributed by atoms with Crippen LogP contribution in [0.25, 0.3) is 22.0 Å². The first-order valence-electron chi connectivity index (χ1n) is 9.61. The molecule has 0 aliphatic carbocycles. The molecule has 2 heterocycles. The smallest absolute Gasteiger partial charge is 0.235 e. The quantitative estimate of drug-likeness (QED) is 0.321. The summed E-state index contributed by atoms with van der Waals surface area (Å²) in [5.74, 6) is 0.166. The third-order valence-corrected chi connectivity index (χ3v) is 5.96. The lowest BCUT2D eigenvalue weighted by Gasteiger charge is -2.26. The van der Waals surface area contributed by atoms with Crippen molar-refractivity contribution >= 4 is 34.1 Å². The molecule has 2 aromatic heterocycles. The number of pyridine rings is 1. The summed E-state index contributed by atoms with van der Waals surface area (Å²) >= 11 is 13.3. The first kappa shape index (κ1) is 19.8. The maximum Gasteiger partial charge on any atom is 0.235 e. The van der Waals surface area contributed by atoms with E-state index in [1.807, 2.05) is 66.7 Å². The molecular formula is C25H16Cl2N2O2. The Kier molecular flexibility index (Phi) is 4.98. The maximum atomic E-state index is 11.9. The second-order valence-electron chi connectivity index (χ2n) is 7.10. The molecule has 0 saturated heterocycles. The van der Waals surface area contributed by atoms with Crippen molar-refractivity contribution in [3.05, 3.63) is 119 Å². The fraction of sp³-hybridized carbons (Fsp3) is 0.0400. The zero-order valence-electron chi connectivity index (χ0n) is 16.2. The van der Waals surface area contributed by atoms with Crippen LogP contribution in [0.1, 0.15) is 17.0 Å². The Morgan fingerprint density at radius 3 is 2.23 bits per heavy atom. The first-order chi connectivity index (χ1) is 15.1. The Labute approximate surface area is 188 Å². The zero-order chi connectivity index (χ0) is 21.4. The van der Waals surface area contributed by atoms with Crippen LogP contribution in [0, 0.1) is 0 Å². The number of hydrogen-bond donors (Lipinski definition) is 1. The fourth-order valence-corrected chi connectivity index (χ4v) is 4.46. The van der Waals surface area contributed by atoms with E-state index in [4.69, 9.17) is 27.6 Å². The van der Waals surface area contributed by atoms with Crippen LogP contribution in [-0.2, 0) is 5.60 Å². The molecule has 0 aliphatic rings. The van der Waals surface area contributed by atoms with Gasteiger partial charge in [0.25, 0.3) is 0 Å². The largest absolute Gasteiger partial charge is 0.445 e. The highest BCUT2D eigenvalue weighted by molar-refractivity contribution is 6.42. The van der Waals surface area contributed by atoms with E-state index < -0.39 is 5.60 Å². The van der Waals surface area contributed by atoms with Gasteiger partial charge in [-0.3, -0.25) is 0 Å².